The topological polar surface area (TPSA) is 12.0 Å². The van der Waals surface area contributed by atoms with Gasteiger partial charge in [0.15, 0.2) is 0 Å². The normalized spacial score (nSPS) is 29.7. The Kier molecular flexibility index (Phi) is 3.05. The molecule has 2 atom stereocenters. The molecular weight excluding hydrogens is 242 g/mol. The summed E-state index contributed by atoms with van der Waals surface area (Å²) in [6.07, 6.45) is 5.52. The van der Waals surface area contributed by atoms with Gasteiger partial charge in [0.25, 0.3) is 0 Å². The molecule has 1 N–H and O–H groups in total. The molecule has 2 unspecified atom stereocenters. The van der Waals surface area contributed by atoms with E-state index in [0.29, 0.717) is 11.3 Å². The summed E-state index contributed by atoms with van der Waals surface area (Å²) in [5.41, 5.74) is 3.10. The van der Waals surface area contributed by atoms with E-state index in [-0.39, 0.29) is 0 Å². The second kappa shape index (κ2) is 4.45. The van der Waals surface area contributed by atoms with Crippen molar-refractivity contribution < 1.29 is 0 Å². The molecule has 2 aliphatic rings. The fraction of sp³-hybridized carbons (Fsp3) is 0.625. The van der Waals surface area contributed by atoms with E-state index in [1.54, 1.807) is 0 Å². The van der Waals surface area contributed by atoms with Gasteiger partial charge in [-0.2, -0.15) is 0 Å². The summed E-state index contributed by atoms with van der Waals surface area (Å²) in [5.74, 6) is 1.44. The van der Waals surface area contributed by atoms with Gasteiger partial charge in [0.05, 0.1) is 10.7 Å². The molecule has 1 nitrogen and oxygen atoms in total. The number of nitrogens with one attached hydrogen (secondary N) is 1. The molecule has 0 amide bonds. The molecule has 1 aromatic carbocycles. The third-order valence-corrected chi connectivity index (χ3v) is 5.33. The lowest BCUT2D eigenvalue weighted by Gasteiger charge is -2.42. The third-order valence-electron chi connectivity index (χ3n) is 5.02. The van der Waals surface area contributed by atoms with E-state index in [1.807, 2.05) is 6.07 Å². The first-order valence-corrected chi connectivity index (χ1v) is 7.50. The van der Waals surface area contributed by atoms with Gasteiger partial charge in [-0.3, -0.25) is 0 Å². The van der Waals surface area contributed by atoms with Crippen LogP contribution in [0.3, 0.4) is 0 Å². The van der Waals surface area contributed by atoms with Crippen molar-refractivity contribution in [1.29, 1.82) is 0 Å². The average Bonchev–Trinajstić information content (AvgIpc) is 2.74. The zero-order valence-corrected chi connectivity index (χ0v) is 12.1. The highest BCUT2D eigenvalue weighted by molar-refractivity contribution is 6.33. The maximum absolute atomic E-state index is 6.28. The van der Waals surface area contributed by atoms with Crippen molar-refractivity contribution >= 4 is 17.3 Å². The van der Waals surface area contributed by atoms with Crippen LogP contribution in [0.2, 0.25) is 5.02 Å². The SMILES string of the molecule is CC1(C)CCCCC1C1CNc2c(Cl)cccc21. The van der Waals surface area contributed by atoms with E-state index < -0.39 is 0 Å². The lowest BCUT2D eigenvalue weighted by Crippen LogP contribution is -2.33. The number of benzene rings is 1. The molecule has 1 aliphatic heterocycles. The fourth-order valence-electron chi connectivity index (χ4n) is 3.98. The molecular formula is C16H22ClN. The number of fused-ring (bicyclic) bond motifs is 1. The average molecular weight is 264 g/mol. The predicted molar refractivity (Wildman–Crippen MR) is 78.4 cm³/mol. The van der Waals surface area contributed by atoms with Crippen molar-refractivity contribution in [3.05, 3.63) is 28.8 Å². The Morgan fingerprint density at radius 3 is 2.89 bits per heavy atom. The maximum Gasteiger partial charge on any atom is 0.0640 e. The molecule has 0 aromatic heterocycles. The third kappa shape index (κ3) is 1.93. The van der Waals surface area contributed by atoms with E-state index in [0.717, 1.165) is 17.5 Å². The zero-order chi connectivity index (χ0) is 12.8. The molecule has 18 heavy (non-hydrogen) atoms. The van der Waals surface area contributed by atoms with Crippen LogP contribution in [0.4, 0.5) is 5.69 Å². The monoisotopic (exact) mass is 263 g/mol. The quantitative estimate of drug-likeness (QED) is 0.746. The molecule has 1 heterocycles. The van der Waals surface area contributed by atoms with E-state index in [1.165, 1.54) is 36.9 Å². The molecule has 1 saturated carbocycles. The number of para-hydroxylation sites is 1. The highest BCUT2D eigenvalue weighted by Gasteiger charge is 2.40. The van der Waals surface area contributed by atoms with Gasteiger partial charge in [0.2, 0.25) is 0 Å². The van der Waals surface area contributed by atoms with Gasteiger partial charge in [0.1, 0.15) is 0 Å². The minimum Gasteiger partial charge on any atom is -0.383 e. The van der Waals surface area contributed by atoms with Gasteiger partial charge in [-0.15, -0.1) is 0 Å². The molecule has 1 aliphatic carbocycles. The molecule has 1 aromatic rings. The lowest BCUT2D eigenvalue weighted by atomic mass is 9.63. The summed E-state index contributed by atoms with van der Waals surface area (Å²) in [5, 5.41) is 4.40. The van der Waals surface area contributed by atoms with Crippen LogP contribution in [-0.4, -0.2) is 6.54 Å². The minimum absolute atomic E-state index is 0.467. The molecule has 2 heteroatoms. The van der Waals surface area contributed by atoms with Gasteiger partial charge in [-0.1, -0.05) is 50.4 Å². The first kappa shape index (κ1) is 12.3. The van der Waals surface area contributed by atoms with Gasteiger partial charge in [-0.25, -0.2) is 0 Å². The van der Waals surface area contributed by atoms with Crippen LogP contribution in [0, 0.1) is 11.3 Å². The summed E-state index contributed by atoms with van der Waals surface area (Å²) < 4.78 is 0. The Balaban J connectivity index is 1.94. The highest BCUT2D eigenvalue weighted by atomic mass is 35.5. The van der Waals surface area contributed by atoms with Crippen LogP contribution in [0.25, 0.3) is 0 Å². The van der Waals surface area contributed by atoms with Crippen LogP contribution in [0.1, 0.15) is 51.0 Å². The summed E-state index contributed by atoms with van der Waals surface area (Å²) in [6, 6.07) is 6.34. The summed E-state index contributed by atoms with van der Waals surface area (Å²) >= 11 is 6.28. The lowest BCUT2D eigenvalue weighted by molar-refractivity contribution is 0.116. The van der Waals surface area contributed by atoms with Crippen molar-refractivity contribution in [2.24, 2.45) is 11.3 Å². The first-order chi connectivity index (χ1) is 8.59. The molecule has 0 spiro atoms. The Hall–Kier alpha value is -0.690. The second-order valence-electron chi connectivity index (χ2n) is 6.53. The number of hydrogen-bond donors (Lipinski definition) is 1. The Morgan fingerprint density at radius 2 is 2.11 bits per heavy atom. The summed E-state index contributed by atoms with van der Waals surface area (Å²) in [7, 11) is 0. The van der Waals surface area contributed by atoms with E-state index in [2.05, 4.69) is 31.3 Å². The zero-order valence-electron chi connectivity index (χ0n) is 11.3. The molecule has 98 valence electrons. The molecule has 1 fully saturated rings. The summed E-state index contributed by atoms with van der Waals surface area (Å²) in [6.45, 7) is 5.95. The smallest absolute Gasteiger partial charge is 0.0640 e. The van der Waals surface area contributed by atoms with E-state index >= 15 is 0 Å². The van der Waals surface area contributed by atoms with Gasteiger partial charge in [0, 0.05) is 12.5 Å². The first-order valence-electron chi connectivity index (χ1n) is 7.12. The Morgan fingerprint density at radius 1 is 1.28 bits per heavy atom. The van der Waals surface area contributed by atoms with Crippen LogP contribution in [0.5, 0.6) is 0 Å². The van der Waals surface area contributed by atoms with Gasteiger partial charge >= 0.3 is 0 Å². The number of rotatable bonds is 1. The minimum atomic E-state index is 0.467. The number of halogens is 1. The maximum atomic E-state index is 6.28. The summed E-state index contributed by atoms with van der Waals surface area (Å²) in [4.78, 5) is 0. The van der Waals surface area contributed by atoms with Gasteiger partial charge < -0.3 is 5.32 Å². The van der Waals surface area contributed by atoms with Crippen molar-refractivity contribution in [1.82, 2.24) is 0 Å². The van der Waals surface area contributed by atoms with E-state index in [4.69, 9.17) is 11.6 Å². The van der Waals surface area contributed by atoms with E-state index in [9.17, 15) is 0 Å². The molecule has 0 bridgehead atoms. The number of anilines is 1. The Bertz CT molecular complexity index is 452. The van der Waals surface area contributed by atoms with Crippen LogP contribution < -0.4 is 5.32 Å². The highest BCUT2D eigenvalue weighted by Crippen LogP contribution is 2.51. The van der Waals surface area contributed by atoms with Crippen molar-refractivity contribution in [3.8, 4) is 0 Å². The van der Waals surface area contributed by atoms with Crippen molar-refractivity contribution in [2.45, 2.75) is 45.4 Å². The second-order valence-corrected chi connectivity index (χ2v) is 6.94. The van der Waals surface area contributed by atoms with Crippen molar-refractivity contribution in [2.75, 3.05) is 11.9 Å². The fourth-order valence-corrected chi connectivity index (χ4v) is 4.23. The molecule has 0 radical (unpaired) electrons. The molecule has 0 saturated heterocycles. The van der Waals surface area contributed by atoms with Gasteiger partial charge in [-0.05, 0) is 35.8 Å². The largest absolute Gasteiger partial charge is 0.383 e. The van der Waals surface area contributed by atoms with Crippen molar-refractivity contribution in [3.63, 3.8) is 0 Å². The Labute approximate surface area is 115 Å². The van der Waals surface area contributed by atoms with Crippen LogP contribution >= 0.6 is 11.6 Å². The van der Waals surface area contributed by atoms with Crippen LogP contribution in [-0.2, 0) is 0 Å². The molecule has 3 rings (SSSR count). The van der Waals surface area contributed by atoms with Crippen LogP contribution in [0.15, 0.2) is 18.2 Å². The predicted octanol–water partition coefficient (Wildman–Crippen LogP) is 5.07. The standard InChI is InChI=1S/C16H22ClN/c1-16(2)9-4-3-7-13(16)12-10-18-15-11(12)6-5-8-14(15)17/h5-6,8,12-13,18H,3-4,7,9-10H2,1-2H3. The number of hydrogen-bond acceptors (Lipinski definition) is 1.